The van der Waals surface area contributed by atoms with E-state index in [0.29, 0.717) is 17.4 Å². The summed E-state index contributed by atoms with van der Waals surface area (Å²) in [7, 11) is 5.91. The van der Waals surface area contributed by atoms with Crippen molar-refractivity contribution in [2.24, 2.45) is 0 Å². The predicted molar refractivity (Wildman–Crippen MR) is 306 cm³/mol. The van der Waals surface area contributed by atoms with Crippen molar-refractivity contribution < 1.29 is 42.9 Å². The highest BCUT2D eigenvalue weighted by molar-refractivity contribution is 5.70. The van der Waals surface area contributed by atoms with Crippen LogP contribution in [-0.2, 0) is 33.3 Å². The van der Waals surface area contributed by atoms with Gasteiger partial charge in [0.2, 0.25) is 0 Å². The van der Waals surface area contributed by atoms with Gasteiger partial charge >= 0.3 is 11.9 Å². The van der Waals surface area contributed by atoms with Gasteiger partial charge < -0.3 is 33.3 Å². The summed E-state index contributed by atoms with van der Waals surface area (Å²) in [6.07, 6.45) is 70.4. The highest BCUT2D eigenvalue weighted by Crippen LogP contribution is 2.15. The van der Waals surface area contributed by atoms with E-state index in [4.69, 9.17) is 18.9 Å². The number of likely N-dealkylation sites (N-methyl/N-ethyl adjacent to an activating group) is 1. The average molecular weight is 1020 g/mol. The van der Waals surface area contributed by atoms with Crippen LogP contribution >= 0.6 is 0 Å². The van der Waals surface area contributed by atoms with Crippen molar-refractivity contribution in [1.29, 1.82) is 0 Å². The minimum absolute atomic E-state index is 0.143. The van der Waals surface area contributed by atoms with Gasteiger partial charge in [-0.15, -0.1) is 0 Å². The van der Waals surface area contributed by atoms with Crippen molar-refractivity contribution in [3.63, 3.8) is 0 Å². The third-order valence-corrected chi connectivity index (χ3v) is 12.3. The summed E-state index contributed by atoms with van der Waals surface area (Å²) < 4.78 is 22.6. The predicted octanol–water partition coefficient (Wildman–Crippen LogP) is 16.0. The molecule has 418 valence electrons. The first kappa shape index (κ1) is 69.2. The van der Waals surface area contributed by atoms with Crippen LogP contribution < -0.4 is 5.11 Å². The molecule has 0 saturated heterocycles. The van der Waals surface area contributed by atoms with Crippen LogP contribution in [0.5, 0.6) is 0 Å². The number of carboxylic acids is 1. The smallest absolute Gasteiger partial charge is 0.306 e. The first-order valence-electron chi connectivity index (χ1n) is 29.4. The SMILES string of the molecule is CC/C=C\C/C=C\C/C=C\C/C=C\C/C=C\C/C=C\C/C=C\CCCCCCCCCCCCCCCC(=O)OC(COC(=O)CCCCCCC/C=C\CCCCCC)COC(OCC[N+](C)(C)C)C(=O)[O-]. The van der Waals surface area contributed by atoms with Crippen LogP contribution in [0.25, 0.3) is 0 Å². The first-order chi connectivity index (χ1) is 35.6. The molecule has 0 saturated carbocycles. The molecule has 0 bridgehead atoms. The van der Waals surface area contributed by atoms with Gasteiger partial charge in [0.05, 0.1) is 40.3 Å². The number of esters is 2. The molecule has 0 aliphatic heterocycles. The van der Waals surface area contributed by atoms with Gasteiger partial charge in [0.1, 0.15) is 13.2 Å². The highest BCUT2D eigenvalue weighted by Gasteiger charge is 2.22. The maximum Gasteiger partial charge on any atom is 0.306 e. The maximum absolute atomic E-state index is 12.9. The molecule has 0 aliphatic rings. The standard InChI is InChI=1S/C64H109NO8/c1-6-8-10-12-14-16-18-20-21-22-23-24-25-26-27-28-29-30-31-32-33-34-35-36-37-38-39-40-41-43-45-47-49-51-53-55-62(67)73-60(59-72-64(63(68)69)70-57-56-65(3,4)5)58-71-61(66)54-52-50-48-46-44-42-19-17-15-13-11-9-7-2/h8,10,14,16-17,19-21,23-24,26-27,29-30,32-33,60,64H,6-7,9,11-13,15,18,22,25,28,31,34-59H2,1-5H3/b10-8-,16-14-,19-17-,21-20-,24-23-,27-26-,30-29-,33-32-. The molecule has 0 spiro atoms. The van der Waals surface area contributed by atoms with Crippen molar-refractivity contribution in [2.45, 2.75) is 245 Å². The van der Waals surface area contributed by atoms with E-state index in [1.165, 1.54) is 96.3 Å². The van der Waals surface area contributed by atoms with E-state index < -0.39 is 24.3 Å². The molecule has 9 heteroatoms. The van der Waals surface area contributed by atoms with E-state index in [1.807, 2.05) is 21.1 Å². The van der Waals surface area contributed by atoms with Gasteiger partial charge in [-0.05, 0) is 96.3 Å². The quantitative estimate of drug-likeness (QED) is 0.0195. The van der Waals surface area contributed by atoms with Crippen LogP contribution in [0.1, 0.15) is 232 Å². The highest BCUT2D eigenvalue weighted by atomic mass is 16.7. The topological polar surface area (TPSA) is 111 Å². The van der Waals surface area contributed by atoms with Crippen LogP contribution in [0.2, 0.25) is 0 Å². The van der Waals surface area contributed by atoms with Crippen molar-refractivity contribution in [3.8, 4) is 0 Å². The Labute approximate surface area is 448 Å². The van der Waals surface area contributed by atoms with Crippen molar-refractivity contribution >= 4 is 17.9 Å². The lowest BCUT2D eigenvalue weighted by Crippen LogP contribution is -2.44. The molecule has 0 aromatic heterocycles. The van der Waals surface area contributed by atoms with E-state index in [-0.39, 0.29) is 38.6 Å². The summed E-state index contributed by atoms with van der Waals surface area (Å²) in [4.78, 5) is 37.2. The van der Waals surface area contributed by atoms with Crippen molar-refractivity contribution in [2.75, 3.05) is 47.5 Å². The first-order valence-corrected chi connectivity index (χ1v) is 29.4. The molecule has 0 radical (unpaired) electrons. The lowest BCUT2D eigenvalue weighted by Gasteiger charge is -2.26. The molecule has 0 rings (SSSR count). The Balaban J connectivity index is 4.13. The van der Waals surface area contributed by atoms with Crippen LogP contribution in [0.4, 0.5) is 0 Å². The maximum atomic E-state index is 12.9. The second-order valence-corrected chi connectivity index (χ2v) is 20.5. The lowest BCUT2D eigenvalue weighted by atomic mass is 10.0. The molecule has 0 fully saturated rings. The summed E-state index contributed by atoms with van der Waals surface area (Å²) >= 11 is 0. The van der Waals surface area contributed by atoms with Gasteiger partial charge in [-0.3, -0.25) is 9.59 Å². The number of allylic oxidation sites excluding steroid dienone is 16. The third kappa shape index (κ3) is 55.8. The number of unbranched alkanes of at least 4 members (excludes halogenated alkanes) is 22. The number of rotatable bonds is 53. The Morgan fingerprint density at radius 1 is 0.425 bits per heavy atom. The van der Waals surface area contributed by atoms with Gasteiger partial charge in [-0.2, -0.15) is 0 Å². The summed E-state index contributed by atoms with van der Waals surface area (Å²) in [5.74, 6) is -2.30. The normalized spacial score (nSPS) is 13.5. The fourth-order valence-corrected chi connectivity index (χ4v) is 7.80. The number of ether oxygens (including phenoxy) is 4. The molecule has 9 nitrogen and oxygen atoms in total. The molecule has 2 atom stereocenters. The molecular weight excluding hydrogens is 911 g/mol. The van der Waals surface area contributed by atoms with Gasteiger partial charge in [-0.25, -0.2) is 0 Å². The number of carbonyl (C=O) groups excluding carboxylic acids is 3. The van der Waals surface area contributed by atoms with E-state index in [2.05, 4.69) is 111 Å². The minimum Gasteiger partial charge on any atom is -0.545 e. The van der Waals surface area contributed by atoms with Crippen molar-refractivity contribution in [3.05, 3.63) is 97.2 Å². The Morgan fingerprint density at radius 2 is 0.781 bits per heavy atom. The third-order valence-electron chi connectivity index (χ3n) is 12.3. The number of aliphatic carboxylic acids is 1. The monoisotopic (exact) mass is 1020 g/mol. The Hall–Kier alpha value is -3.79. The summed E-state index contributed by atoms with van der Waals surface area (Å²) in [6.45, 7) is 4.60. The lowest BCUT2D eigenvalue weighted by molar-refractivity contribution is -0.870. The summed E-state index contributed by atoms with van der Waals surface area (Å²) in [6, 6.07) is 0. The van der Waals surface area contributed by atoms with Crippen molar-refractivity contribution in [1.82, 2.24) is 0 Å². The molecule has 0 aromatic carbocycles. The molecule has 0 aliphatic carbocycles. The summed E-state index contributed by atoms with van der Waals surface area (Å²) in [5, 5.41) is 11.8. The van der Waals surface area contributed by atoms with E-state index in [0.717, 1.165) is 103 Å². The number of carbonyl (C=O) groups is 3. The van der Waals surface area contributed by atoms with Crippen LogP contribution in [0, 0.1) is 0 Å². The second-order valence-electron chi connectivity index (χ2n) is 20.5. The zero-order valence-electron chi connectivity index (χ0n) is 47.5. The number of nitrogens with zero attached hydrogens (tertiary/aromatic N) is 1. The number of hydrogen-bond donors (Lipinski definition) is 0. The zero-order valence-corrected chi connectivity index (χ0v) is 47.5. The van der Waals surface area contributed by atoms with Gasteiger partial charge in [0.25, 0.3) is 0 Å². The van der Waals surface area contributed by atoms with Gasteiger partial charge in [0, 0.05) is 12.8 Å². The van der Waals surface area contributed by atoms with Gasteiger partial charge in [-0.1, -0.05) is 220 Å². The Bertz CT molecular complexity index is 1520. The molecule has 0 aromatic rings. The molecule has 0 amide bonds. The number of quaternary nitrogens is 1. The van der Waals surface area contributed by atoms with E-state index in [9.17, 15) is 19.5 Å². The molecule has 0 N–H and O–H groups in total. The zero-order chi connectivity index (χ0) is 53.4. The second kappa shape index (κ2) is 54.5. The van der Waals surface area contributed by atoms with Crippen LogP contribution in [0.3, 0.4) is 0 Å². The molecular formula is C64H109NO8. The molecule has 0 heterocycles. The minimum atomic E-state index is -1.63. The number of carboxylic acid groups (broad SMARTS) is 1. The van der Waals surface area contributed by atoms with Crippen LogP contribution in [0.15, 0.2) is 97.2 Å². The fraction of sp³-hybridized carbons (Fsp3) is 0.703. The fourth-order valence-electron chi connectivity index (χ4n) is 7.80. The van der Waals surface area contributed by atoms with E-state index >= 15 is 0 Å². The molecule has 2 unspecified atom stereocenters. The van der Waals surface area contributed by atoms with Crippen LogP contribution in [-0.4, -0.2) is 82.3 Å². The Morgan fingerprint density at radius 3 is 1.18 bits per heavy atom. The largest absolute Gasteiger partial charge is 0.545 e. The summed E-state index contributed by atoms with van der Waals surface area (Å²) in [5.41, 5.74) is 0. The molecule has 73 heavy (non-hydrogen) atoms. The van der Waals surface area contributed by atoms with Gasteiger partial charge in [0.15, 0.2) is 12.4 Å². The average Bonchev–Trinajstić information content (AvgIpc) is 3.36. The Kier molecular flexibility index (Phi) is 51.6. The van der Waals surface area contributed by atoms with E-state index in [1.54, 1.807) is 0 Å². The number of hydrogen-bond acceptors (Lipinski definition) is 8.